The molecule has 1 aromatic carbocycles. The lowest BCUT2D eigenvalue weighted by atomic mass is 10.2. The second kappa shape index (κ2) is 5.40. The molecule has 0 aliphatic rings. The van der Waals surface area contributed by atoms with Crippen LogP contribution in [0.3, 0.4) is 0 Å². The van der Waals surface area contributed by atoms with E-state index in [9.17, 15) is 9.18 Å². The van der Waals surface area contributed by atoms with E-state index in [1.54, 1.807) is 13.0 Å². The van der Waals surface area contributed by atoms with E-state index in [4.69, 9.17) is 16.3 Å². The first-order valence-electron chi connectivity index (χ1n) is 5.57. The zero-order valence-corrected chi connectivity index (χ0v) is 11.2. The van der Waals surface area contributed by atoms with Crippen molar-refractivity contribution < 1.29 is 9.13 Å². The van der Waals surface area contributed by atoms with Crippen LogP contribution in [0, 0.1) is 12.7 Å². The van der Waals surface area contributed by atoms with E-state index in [1.807, 2.05) is 0 Å². The van der Waals surface area contributed by atoms with Gasteiger partial charge in [0.2, 0.25) is 0 Å². The van der Waals surface area contributed by atoms with Crippen LogP contribution < -0.4 is 10.3 Å². The third-order valence-corrected chi connectivity index (χ3v) is 2.86. The van der Waals surface area contributed by atoms with E-state index < -0.39 is 5.82 Å². The molecule has 2 rings (SSSR count). The average Bonchev–Trinajstić information content (AvgIpc) is 2.34. The van der Waals surface area contributed by atoms with Crippen molar-refractivity contribution in [1.82, 2.24) is 9.55 Å². The maximum atomic E-state index is 13.7. The van der Waals surface area contributed by atoms with Crippen LogP contribution in [0.4, 0.5) is 4.39 Å². The molecule has 0 unspecified atom stereocenters. The van der Waals surface area contributed by atoms with Crippen molar-refractivity contribution in [3.8, 4) is 6.01 Å². The molecular formula is C13H12ClFN2O2. The number of benzene rings is 1. The maximum Gasteiger partial charge on any atom is 0.299 e. The third kappa shape index (κ3) is 2.93. The predicted octanol–water partition coefficient (Wildman–Crippen LogP) is 2.40. The summed E-state index contributed by atoms with van der Waals surface area (Å²) in [6, 6.07) is 5.83. The molecule has 6 heteroatoms. The van der Waals surface area contributed by atoms with Gasteiger partial charge in [0.15, 0.2) is 0 Å². The number of nitrogens with zero attached hydrogens (tertiary/aromatic N) is 2. The Kier molecular flexibility index (Phi) is 3.85. The first-order valence-corrected chi connectivity index (χ1v) is 5.95. The van der Waals surface area contributed by atoms with Gasteiger partial charge in [-0.15, -0.1) is 0 Å². The van der Waals surface area contributed by atoms with Gasteiger partial charge in [-0.1, -0.05) is 17.7 Å². The summed E-state index contributed by atoms with van der Waals surface area (Å²) in [5, 5.41) is 0.308. The molecule has 0 radical (unpaired) electrons. The molecule has 2 aromatic rings. The Balaban J connectivity index is 2.46. The molecule has 0 bridgehead atoms. The van der Waals surface area contributed by atoms with E-state index in [0.29, 0.717) is 16.3 Å². The molecule has 4 nitrogen and oxygen atoms in total. The molecular weight excluding hydrogens is 271 g/mol. The smallest absolute Gasteiger partial charge is 0.299 e. The second-order valence-corrected chi connectivity index (χ2v) is 4.48. The topological polar surface area (TPSA) is 44.1 Å². The fourth-order valence-corrected chi connectivity index (χ4v) is 1.87. The summed E-state index contributed by atoms with van der Waals surface area (Å²) < 4.78 is 20.0. The van der Waals surface area contributed by atoms with Gasteiger partial charge in [-0.3, -0.25) is 9.36 Å². The van der Waals surface area contributed by atoms with Crippen molar-refractivity contribution in [3.63, 3.8) is 0 Å². The Morgan fingerprint density at radius 3 is 2.79 bits per heavy atom. The van der Waals surface area contributed by atoms with Crippen molar-refractivity contribution in [3.05, 3.63) is 56.7 Å². The van der Waals surface area contributed by atoms with E-state index >= 15 is 0 Å². The Labute approximate surface area is 114 Å². The Morgan fingerprint density at radius 1 is 1.42 bits per heavy atom. The lowest BCUT2D eigenvalue weighted by Crippen LogP contribution is -2.23. The van der Waals surface area contributed by atoms with Crippen LogP contribution in [0.5, 0.6) is 6.01 Å². The normalized spacial score (nSPS) is 10.5. The highest BCUT2D eigenvalue weighted by molar-refractivity contribution is 6.30. The molecule has 0 aliphatic heterocycles. The van der Waals surface area contributed by atoms with Crippen molar-refractivity contribution >= 4 is 11.6 Å². The molecule has 100 valence electrons. The lowest BCUT2D eigenvalue weighted by Gasteiger charge is -2.11. The zero-order chi connectivity index (χ0) is 14.0. The monoisotopic (exact) mass is 282 g/mol. The number of halogens is 2. The van der Waals surface area contributed by atoms with Crippen molar-refractivity contribution in [1.29, 1.82) is 0 Å². The summed E-state index contributed by atoms with van der Waals surface area (Å²) in [7, 11) is 1.41. The van der Waals surface area contributed by atoms with Crippen LogP contribution in [-0.2, 0) is 6.54 Å². The number of hydrogen-bond acceptors (Lipinski definition) is 3. The zero-order valence-electron chi connectivity index (χ0n) is 10.5. The molecule has 0 atom stereocenters. The van der Waals surface area contributed by atoms with Gasteiger partial charge in [0, 0.05) is 22.3 Å². The highest BCUT2D eigenvalue weighted by Crippen LogP contribution is 2.16. The highest BCUT2D eigenvalue weighted by Gasteiger charge is 2.11. The first kappa shape index (κ1) is 13.5. The maximum absolute atomic E-state index is 13.7. The summed E-state index contributed by atoms with van der Waals surface area (Å²) in [4.78, 5) is 16.0. The van der Waals surface area contributed by atoms with Gasteiger partial charge in [0.1, 0.15) is 5.82 Å². The number of ether oxygens (including phenoxy) is 1. The SMILES string of the molecule is COc1nc(C)cc(=O)n1Cc1ccc(Cl)cc1F. The van der Waals surface area contributed by atoms with Gasteiger partial charge >= 0.3 is 0 Å². The second-order valence-electron chi connectivity index (χ2n) is 4.04. The summed E-state index contributed by atoms with van der Waals surface area (Å²) in [6.45, 7) is 1.73. The molecule has 0 saturated carbocycles. The Morgan fingerprint density at radius 2 is 2.16 bits per heavy atom. The molecule has 19 heavy (non-hydrogen) atoms. The highest BCUT2D eigenvalue weighted by atomic mass is 35.5. The quantitative estimate of drug-likeness (QED) is 0.868. The minimum absolute atomic E-state index is 0.0400. The average molecular weight is 283 g/mol. The molecule has 0 saturated heterocycles. The number of hydrogen-bond donors (Lipinski definition) is 0. The number of aryl methyl sites for hydroxylation is 1. The fraction of sp³-hybridized carbons (Fsp3) is 0.231. The third-order valence-electron chi connectivity index (χ3n) is 2.63. The van der Waals surface area contributed by atoms with E-state index in [2.05, 4.69) is 4.98 Å². The van der Waals surface area contributed by atoms with Crippen LogP contribution in [0.25, 0.3) is 0 Å². The van der Waals surface area contributed by atoms with Gasteiger partial charge in [-0.05, 0) is 19.1 Å². The summed E-state index contributed by atoms with van der Waals surface area (Å²) in [5.74, 6) is -0.470. The van der Waals surface area contributed by atoms with Gasteiger partial charge in [-0.25, -0.2) is 9.37 Å². The molecule has 1 heterocycles. The molecule has 1 aromatic heterocycles. The summed E-state index contributed by atoms with van der Waals surface area (Å²) >= 11 is 5.68. The van der Waals surface area contributed by atoms with Crippen LogP contribution in [0.15, 0.2) is 29.1 Å². The minimum Gasteiger partial charge on any atom is -0.468 e. The molecule has 0 aliphatic carbocycles. The molecule has 0 spiro atoms. The minimum atomic E-state index is -0.470. The number of aromatic nitrogens is 2. The van der Waals surface area contributed by atoms with Crippen molar-refractivity contribution in [2.45, 2.75) is 13.5 Å². The standard InChI is InChI=1S/C13H12ClFN2O2/c1-8-5-12(18)17(13(16-8)19-2)7-9-3-4-10(14)6-11(9)15/h3-6H,7H2,1-2H3. The van der Waals surface area contributed by atoms with Gasteiger partial charge < -0.3 is 4.74 Å². The van der Waals surface area contributed by atoms with Gasteiger partial charge in [0.25, 0.3) is 11.6 Å². The molecule has 0 N–H and O–H groups in total. The number of methoxy groups -OCH3 is 1. The van der Waals surface area contributed by atoms with Crippen LogP contribution in [0.2, 0.25) is 5.02 Å². The molecule has 0 fully saturated rings. The Hall–Kier alpha value is -1.88. The van der Waals surface area contributed by atoms with E-state index in [0.717, 1.165) is 0 Å². The van der Waals surface area contributed by atoms with E-state index in [-0.39, 0.29) is 18.1 Å². The Bertz CT molecular complexity index is 670. The largest absolute Gasteiger partial charge is 0.468 e. The number of rotatable bonds is 3. The summed E-state index contributed by atoms with van der Waals surface area (Å²) in [5.41, 5.74) is 0.601. The molecule has 0 amide bonds. The van der Waals surface area contributed by atoms with Crippen molar-refractivity contribution in [2.24, 2.45) is 0 Å². The summed E-state index contributed by atoms with van der Waals surface area (Å²) in [6.07, 6.45) is 0. The predicted molar refractivity (Wildman–Crippen MR) is 70.3 cm³/mol. The van der Waals surface area contributed by atoms with Gasteiger partial charge in [-0.2, -0.15) is 0 Å². The van der Waals surface area contributed by atoms with Crippen LogP contribution in [-0.4, -0.2) is 16.7 Å². The van der Waals surface area contributed by atoms with Crippen molar-refractivity contribution in [2.75, 3.05) is 7.11 Å². The van der Waals surface area contributed by atoms with Crippen LogP contribution in [0.1, 0.15) is 11.3 Å². The first-order chi connectivity index (χ1) is 9.01. The van der Waals surface area contributed by atoms with Gasteiger partial charge in [0.05, 0.1) is 13.7 Å². The van der Waals surface area contributed by atoms with Crippen LogP contribution >= 0.6 is 11.6 Å². The van der Waals surface area contributed by atoms with E-state index in [1.165, 1.54) is 29.9 Å². The fourth-order valence-electron chi connectivity index (χ4n) is 1.72. The lowest BCUT2D eigenvalue weighted by molar-refractivity contribution is 0.349.